The zero-order valence-electron chi connectivity index (χ0n) is 8.26. The largest absolute Gasteiger partial charge is 0.394 e. The van der Waals surface area contributed by atoms with Crippen molar-refractivity contribution in [3.63, 3.8) is 0 Å². The van der Waals surface area contributed by atoms with Crippen molar-refractivity contribution in [3.8, 4) is 0 Å². The smallest absolute Gasteiger partial charge is 0.190 e. The molecule has 16 heavy (non-hydrogen) atoms. The van der Waals surface area contributed by atoms with Gasteiger partial charge in [-0.2, -0.15) is 0 Å². The molecule has 0 radical (unpaired) electrons. The molecule has 90 valence electrons. The van der Waals surface area contributed by atoms with Crippen LogP contribution >= 0.6 is 35.0 Å². The van der Waals surface area contributed by atoms with Crippen LogP contribution in [0.3, 0.4) is 0 Å². The van der Waals surface area contributed by atoms with Crippen LogP contribution in [0.5, 0.6) is 0 Å². The van der Waals surface area contributed by atoms with Crippen LogP contribution in [0.2, 0.25) is 10.3 Å². The Bertz CT molecular complexity index is 357. The second-order valence-electron chi connectivity index (χ2n) is 2.90. The summed E-state index contributed by atoms with van der Waals surface area (Å²) < 4.78 is 0. The van der Waals surface area contributed by atoms with Crippen molar-refractivity contribution >= 4 is 35.0 Å². The lowest BCUT2D eigenvalue weighted by molar-refractivity contribution is -0.0155. The number of aromatic nitrogens is 2. The number of halogens is 2. The van der Waals surface area contributed by atoms with Crippen LogP contribution in [0.25, 0.3) is 0 Å². The van der Waals surface area contributed by atoms with E-state index in [-0.39, 0.29) is 15.9 Å². The fraction of sp³-hybridized carbons (Fsp3) is 0.500. The molecule has 0 aliphatic heterocycles. The monoisotopic (exact) mass is 284 g/mol. The molecule has 0 spiro atoms. The van der Waals surface area contributed by atoms with E-state index >= 15 is 0 Å². The Balaban J connectivity index is 3.14. The molecule has 2 atom stereocenters. The van der Waals surface area contributed by atoms with Crippen molar-refractivity contribution in [2.24, 2.45) is 0 Å². The minimum Gasteiger partial charge on any atom is -0.394 e. The second kappa shape index (κ2) is 6.00. The predicted octanol–water partition coefficient (Wildman–Crippen LogP) is 0.892. The Morgan fingerprint density at radius 1 is 1.25 bits per heavy atom. The van der Waals surface area contributed by atoms with Crippen LogP contribution in [0, 0.1) is 0 Å². The quantitative estimate of drug-likeness (QED) is 0.433. The summed E-state index contributed by atoms with van der Waals surface area (Å²) in [6, 6.07) is 0. The molecular weight excluding hydrogens is 275 g/mol. The fourth-order valence-corrected chi connectivity index (χ4v) is 2.10. The van der Waals surface area contributed by atoms with Gasteiger partial charge in [-0.1, -0.05) is 35.0 Å². The van der Waals surface area contributed by atoms with E-state index in [2.05, 4.69) is 9.97 Å². The molecule has 1 heterocycles. The Morgan fingerprint density at radius 2 is 1.75 bits per heavy atom. The molecule has 8 heteroatoms. The molecule has 1 aromatic heterocycles. The van der Waals surface area contributed by atoms with E-state index in [1.807, 2.05) is 0 Å². The normalized spacial score (nSPS) is 14.9. The van der Waals surface area contributed by atoms with Crippen molar-refractivity contribution in [3.05, 3.63) is 15.9 Å². The fourth-order valence-electron chi connectivity index (χ4n) is 1.03. The van der Waals surface area contributed by atoms with Gasteiger partial charge in [0.15, 0.2) is 5.16 Å². The Labute approximate surface area is 106 Å². The second-order valence-corrected chi connectivity index (χ2v) is 4.39. The van der Waals surface area contributed by atoms with E-state index in [4.69, 9.17) is 28.3 Å². The maximum atomic E-state index is 9.65. The number of aliphatic hydroxyl groups is 3. The van der Waals surface area contributed by atoms with Gasteiger partial charge in [-0.3, -0.25) is 0 Å². The van der Waals surface area contributed by atoms with E-state index in [9.17, 15) is 10.2 Å². The van der Waals surface area contributed by atoms with Crippen molar-refractivity contribution in [2.75, 3.05) is 12.9 Å². The van der Waals surface area contributed by atoms with Gasteiger partial charge in [-0.25, -0.2) is 9.97 Å². The van der Waals surface area contributed by atoms with Crippen molar-refractivity contribution in [1.82, 2.24) is 9.97 Å². The zero-order chi connectivity index (χ0) is 12.3. The molecule has 0 aliphatic carbocycles. The molecule has 0 aromatic carbocycles. The molecule has 1 rings (SSSR count). The first kappa shape index (κ1) is 14.0. The van der Waals surface area contributed by atoms with E-state index < -0.39 is 18.8 Å². The third-order valence-corrected chi connectivity index (χ3v) is 2.99. The number of hydrogen-bond acceptors (Lipinski definition) is 6. The van der Waals surface area contributed by atoms with Crippen molar-refractivity contribution in [1.29, 1.82) is 0 Å². The molecule has 0 bridgehead atoms. The maximum absolute atomic E-state index is 9.65. The van der Waals surface area contributed by atoms with Crippen molar-refractivity contribution < 1.29 is 15.3 Å². The average molecular weight is 285 g/mol. The summed E-state index contributed by atoms with van der Waals surface area (Å²) in [7, 11) is 0. The van der Waals surface area contributed by atoms with Gasteiger partial charge in [0.1, 0.15) is 22.5 Å². The van der Waals surface area contributed by atoms with Crippen molar-refractivity contribution in [2.45, 2.75) is 17.4 Å². The first-order chi connectivity index (χ1) is 7.51. The summed E-state index contributed by atoms with van der Waals surface area (Å²) in [5, 5.41) is 27.9. The first-order valence-electron chi connectivity index (χ1n) is 4.25. The highest BCUT2D eigenvalue weighted by molar-refractivity contribution is 7.98. The molecule has 0 aliphatic rings. The molecule has 0 amide bonds. The van der Waals surface area contributed by atoms with Gasteiger partial charge in [-0.05, 0) is 6.26 Å². The minimum atomic E-state index is -1.42. The Morgan fingerprint density at radius 3 is 2.12 bits per heavy atom. The van der Waals surface area contributed by atoms with E-state index in [1.165, 1.54) is 11.8 Å². The number of aliphatic hydroxyl groups excluding tert-OH is 3. The van der Waals surface area contributed by atoms with Gasteiger partial charge in [0, 0.05) is 0 Å². The van der Waals surface area contributed by atoms with Gasteiger partial charge in [0.25, 0.3) is 0 Å². The number of hydrogen-bond donors (Lipinski definition) is 3. The molecular formula is C8H10Cl2N2O3S. The van der Waals surface area contributed by atoms with Crippen LogP contribution in [-0.2, 0) is 0 Å². The third-order valence-electron chi connectivity index (χ3n) is 1.86. The van der Waals surface area contributed by atoms with Crippen LogP contribution in [-0.4, -0.2) is 44.3 Å². The van der Waals surface area contributed by atoms with Gasteiger partial charge >= 0.3 is 0 Å². The summed E-state index contributed by atoms with van der Waals surface area (Å²) in [5.41, 5.74) is 0.0164. The zero-order valence-corrected chi connectivity index (χ0v) is 10.6. The summed E-state index contributed by atoms with van der Waals surface area (Å²) in [5.74, 6) is 0. The lowest BCUT2D eigenvalue weighted by Gasteiger charge is -2.17. The van der Waals surface area contributed by atoms with Gasteiger partial charge in [0.05, 0.1) is 12.2 Å². The Hall–Kier alpha value is -0.110. The topological polar surface area (TPSA) is 86.5 Å². The molecule has 3 N–H and O–H groups in total. The Kier molecular flexibility index (Phi) is 5.23. The van der Waals surface area contributed by atoms with Crippen LogP contribution in [0.4, 0.5) is 0 Å². The van der Waals surface area contributed by atoms with Gasteiger partial charge < -0.3 is 15.3 Å². The summed E-state index contributed by atoms with van der Waals surface area (Å²) in [4.78, 5) is 7.74. The molecule has 5 nitrogen and oxygen atoms in total. The maximum Gasteiger partial charge on any atom is 0.190 e. The molecule has 1 aromatic rings. The molecule has 0 saturated carbocycles. The average Bonchev–Trinajstić information content (AvgIpc) is 2.26. The van der Waals surface area contributed by atoms with Crippen LogP contribution in [0.15, 0.2) is 5.16 Å². The summed E-state index contributed by atoms with van der Waals surface area (Å²) in [6.07, 6.45) is -1.04. The van der Waals surface area contributed by atoms with E-state index in [0.29, 0.717) is 5.16 Å². The standard InChI is InChI=1S/C8H10Cl2N2O3S/c1-16-8-11-6(9)4(7(10)12-8)5(15)3(14)2-13/h3,5,13-15H,2H2,1H3. The lowest BCUT2D eigenvalue weighted by atomic mass is 10.1. The minimum absolute atomic E-state index is 0.0164. The van der Waals surface area contributed by atoms with Crippen LogP contribution < -0.4 is 0 Å². The SMILES string of the molecule is CSc1nc(Cl)c(C(O)C(O)CO)c(Cl)n1. The summed E-state index contributed by atoms with van der Waals surface area (Å²) >= 11 is 12.9. The van der Waals surface area contributed by atoms with E-state index in [1.54, 1.807) is 6.26 Å². The molecule has 0 fully saturated rings. The molecule has 2 unspecified atom stereocenters. The number of nitrogens with zero attached hydrogens (tertiary/aromatic N) is 2. The van der Waals surface area contributed by atoms with Gasteiger partial charge in [-0.15, -0.1) is 0 Å². The van der Waals surface area contributed by atoms with Gasteiger partial charge in [0.2, 0.25) is 0 Å². The molecule has 0 saturated heterocycles. The van der Waals surface area contributed by atoms with Crippen LogP contribution in [0.1, 0.15) is 11.7 Å². The van der Waals surface area contributed by atoms with E-state index in [0.717, 1.165) is 0 Å². The highest BCUT2D eigenvalue weighted by Gasteiger charge is 2.25. The third kappa shape index (κ3) is 2.97. The first-order valence-corrected chi connectivity index (χ1v) is 6.23. The highest BCUT2D eigenvalue weighted by Crippen LogP contribution is 2.31. The summed E-state index contributed by atoms with van der Waals surface area (Å²) in [6.45, 7) is -0.613. The lowest BCUT2D eigenvalue weighted by Crippen LogP contribution is -2.23. The number of thioether (sulfide) groups is 1. The predicted molar refractivity (Wildman–Crippen MR) is 61.9 cm³/mol. The number of rotatable bonds is 4. The highest BCUT2D eigenvalue weighted by atomic mass is 35.5.